The average Bonchev–Trinajstić information content (AvgIpc) is 2.80. The van der Waals surface area contributed by atoms with Crippen LogP contribution in [-0.2, 0) is 4.79 Å². The summed E-state index contributed by atoms with van der Waals surface area (Å²) in [6, 6.07) is 17.3. The lowest BCUT2D eigenvalue weighted by Gasteiger charge is -2.32. The summed E-state index contributed by atoms with van der Waals surface area (Å²) in [5.41, 5.74) is 2.22. The summed E-state index contributed by atoms with van der Waals surface area (Å²) in [6.45, 7) is 1.41. The van der Waals surface area contributed by atoms with Crippen molar-refractivity contribution in [3.05, 3.63) is 66.5 Å². The third kappa shape index (κ3) is 4.56. The molecular formula is C23H23FN4O2. The number of nitrogens with one attached hydrogen (secondary N) is 1. The second-order valence-corrected chi connectivity index (χ2v) is 7.29. The summed E-state index contributed by atoms with van der Waals surface area (Å²) in [7, 11) is 1.60. The quantitative estimate of drug-likeness (QED) is 0.690. The van der Waals surface area contributed by atoms with Crippen LogP contribution in [0, 0.1) is 11.7 Å². The molecule has 2 aromatic carbocycles. The molecule has 154 valence electrons. The molecule has 3 aromatic rings. The van der Waals surface area contributed by atoms with Crippen LogP contribution < -0.4 is 15.0 Å². The van der Waals surface area contributed by atoms with Crippen LogP contribution in [0.1, 0.15) is 12.8 Å². The van der Waals surface area contributed by atoms with Gasteiger partial charge in [-0.15, -0.1) is 10.2 Å². The zero-order valence-corrected chi connectivity index (χ0v) is 16.7. The first-order valence-corrected chi connectivity index (χ1v) is 9.92. The number of ether oxygens (including phenoxy) is 1. The van der Waals surface area contributed by atoms with E-state index in [9.17, 15) is 9.18 Å². The van der Waals surface area contributed by atoms with Crippen LogP contribution in [0.5, 0.6) is 5.75 Å². The number of piperidine rings is 1. The Kier molecular flexibility index (Phi) is 5.88. The first-order valence-electron chi connectivity index (χ1n) is 9.92. The Hall–Kier alpha value is -3.48. The van der Waals surface area contributed by atoms with Crippen LogP contribution in [0.2, 0.25) is 0 Å². The summed E-state index contributed by atoms with van der Waals surface area (Å²) < 4.78 is 18.3. The lowest BCUT2D eigenvalue weighted by Crippen LogP contribution is -2.41. The second-order valence-electron chi connectivity index (χ2n) is 7.29. The smallest absolute Gasteiger partial charge is 0.229 e. The normalized spacial score (nSPS) is 16.2. The molecule has 1 atom stereocenters. The Balaban J connectivity index is 1.41. The van der Waals surface area contributed by atoms with Crippen LogP contribution in [-0.4, -0.2) is 36.3 Å². The molecule has 0 saturated carbocycles. The Labute approximate surface area is 174 Å². The maximum atomic E-state index is 13.1. The average molecular weight is 406 g/mol. The standard InChI is InChI=1S/C23H23FN4O2/c1-30-20-6-2-5-19(14-20)25-23(29)17-4-3-13-28(15-17)22-12-11-21(26-27-22)16-7-9-18(24)10-8-16/h2,5-12,14,17H,3-4,13,15H2,1H3,(H,25,29). The number of carbonyl (C=O) groups excluding carboxylic acids is 1. The van der Waals surface area contributed by atoms with Crippen molar-refractivity contribution >= 4 is 17.4 Å². The van der Waals surface area contributed by atoms with Crippen molar-refractivity contribution in [3.8, 4) is 17.0 Å². The molecule has 6 nitrogen and oxygen atoms in total. The monoisotopic (exact) mass is 406 g/mol. The molecule has 0 radical (unpaired) electrons. The summed E-state index contributed by atoms with van der Waals surface area (Å²) in [5.74, 6) is 1.01. The van der Waals surface area contributed by atoms with Crippen LogP contribution in [0.4, 0.5) is 15.9 Å². The van der Waals surface area contributed by atoms with Gasteiger partial charge in [0.1, 0.15) is 11.6 Å². The predicted molar refractivity (Wildman–Crippen MR) is 114 cm³/mol. The van der Waals surface area contributed by atoms with E-state index in [0.717, 1.165) is 36.5 Å². The summed E-state index contributed by atoms with van der Waals surface area (Å²) >= 11 is 0. The molecule has 0 spiro atoms. The number of carbonyl (C=O) groups is 1. The number of anilines is 2. The van der Waals surface area contributed by atoms with Gasteiger partial charge in [0.05, 0.1) is 18.7 Å². The molecule has 1 N–H and O–H groups in total. The van der Waals surface area contributed by atoms with E-state index >= 15 is 0 Å². The first-order chi connectivity index (χ1) is 14.6. The van der Waals surface area contributed by atoms with Gasteiger partial charge in [-0.2, -0.15) is 0 Å². The number of nitrogens with zero attached hydrogens (tertiary/aromatic N) is 3. The Morgan fingerprint density at radius 3 is 2.70 bits per heavy atom. The molecule has 1 amide bonds. The van der Waals surface area contributed by atoms with Crippen LogP contribution in [0.3, 0.4) is 0 Å². The van der Waals surface area contributed by atoms with E-state index in [-0.39, 0.29) is 17.6 Å². The van der Waals surface area contributed by atoms with Gasteiger partial charge < -0.3 is 15.0 Å². The number of benzene rings is 2. The van der Waals surface area contributed by atoms with Gasteiger partial charge in [-0.3, -0.25) is 4.79 Å². The number of hydrogen-bond acceptors (Lipinski definition) is 5. The van der Waals surface area contributed by atoms with Crippen molar-refractivity contribution in [1.82, 2.24) is 10.2 Å². The first kappa shape index (κ1) is 19.8. The highest BCUT2D eigenvalue weighted by molar-refractivity contribution is 5.93. The molecule has 7 heteroatoms. The van der Waals surface area contributed by atoms with Gasteiger partial charge in [-0.1, -0.05) is 6.07 Å². The number of rotatable bonds is 5. The van der Waals surface area contributed by atoms with E-state index in [2.05, 4.69) is 20.4 Å². The van der Waals surface area contributed by atoms with Gasteiger partial charge >= 0.3 is 0 Å². The second kappa shape index (κ2) is 8.90. The molecule has 1 aliphatic rings. The van der Waals surface area contributed by atoms with Gasteiger partial charge in [0.2, 0.25) is 5.91 Å². The number of aromatic nitrogens is 2. The van der Waals surface area contributed by atoms with Gasteiger partial charge in [0.25, 0.3) is 0 Å². The number of halogens is 1. The molecule has 0 bridgehead atoms. The third-order valence-corrected chi connectivity index (χ3v) is 5.24. The van der Waals surface area contributed by atoms with Crippen LogP contribution in [0.15, 0.2) is 60.7 Å². The Morgan fingerprint density at radius 2 is 1.97 bits per heavy atom. The molecule has 2 heterocycles. The van der Waals surface area contributed by atoms with E-state index in [1.165, 1.54) is 12.1 Å². The highest BCUT2D eigenvalue weighted by atomic mass is 19.1. The zero-order chi connectivity index (χ0) is 20.9. The SMILES string of the molecule is COc1cccc(NC(=O)C2CCCN(c3ccc(-c4ccc(F)cc4)nn3)C2)c1. The largest absolute Gasteiger partial charge is 0.497 e. The fourth-order valence-corrected chi connectivity index (χ4v) is 3.61. The maximum absolute atomic E-state index is 13.1. The maximum Gasteiger partial charge on any atom is 0.229 e. The minimum absolute atomic E-state index is 0.0103. The van der Waals surface area contributed by atoms with Gasteiger partial charge in [-0.25, -0.2) is 4.39 Å². The van der Waals surface area contributed by atoms with E-state index in [0.29, 0.717) is 18.0 Å². The number of methoxy groups -OCH3 is 1. The molecule has 1 aromatic heterocycles. The lowest BCUT2D eigenvalue weighted by molar-refractivity contribution is -0.120. The van der Waals surface area contributed by atoms with E-state index in [1.807, 2.05) is 30.3 Å². The minimum atomic E-state index is -0.282. The third-order valence-electron chi connectivity index (χ3n) is 5.24. The Bertz CT molecular complexity index is 1010. The van der Waals surface area contributed by atoms with Gasteiger partial charge in [-0.05, 0) is 61.4 Å². The zero-order valence-electron chi connectivity index (χ0n) is 16.7. The fraction of sp³-hybridized carbons (Fsp3) is 0.261. The van der Waals surface area contributed by atoms with E-state index in [1.54, 1.807) is 25.3 Å². The summed E-state index contributed by atoms with van der Waals surface area (Å²) in [4.78, 5) is 14.8. The minimum Gasteiger partial charge on any atom is -0.497 e. The highest BCUT2D eigenvalue weighted by Gasteiger charge is 2.27. The van der Waals surface area contributed by atoms with E-state index in [4.69, 9.17) is 4.74 Å². The van der Waals surface area contributed by atoms with Crippen molar-refractivity contribution in [2.24, 2.45) is 5.92 Å². The van der Waals surface area contributed by atoms with Gasteiger partial charge in [0, 0.05) is 30.4 Å². The highest BCUT2D eigenvalue weighted by Crippen LogP contribution is 2.25. The van der Waals surface area contributed by atoms with Crippen LogP contribution >= 0.6 is 0 Å². The van der Waals surface area contributed by atoms with Crippen LogP contribution in [0.25, 0.3) is 11.3 Å². The molecule has 1 aliphatic heterocycles. The number of amides is 1. The molecule has 1 saturated heterocycles. The molecule has 4 rings (SSSR count). The van der Waals surface area contributed by atoms with Crippen molar-refractivity contribution in [1.29, 1.82) is 0 Å². The van der Waals surface area contributed by atoms with Crippen molar-refractivity contribution in [2.75, 3.05) is 30.4 Å². The number of hydrogen-bond donors (Lipinski definition) is 1. The summed E-state index contributed by atoms with van der Waals surface area (Å²) in [5, 5.41) is 11.6. The molecule has 30 heavy (non-hydrogen) atoms. The molecular weight excluding hydrogens is 383 g/mol. The van der Waals surface area contributed by atoms with Crippen molar-refractivity contribution < 1.29 is 13.9 Å². The Morgan fingerprint density at radius 1 is 1.13 bits per heavy atom. The lowest BCUT2D eigenvalue weighted by atomic mass is 9.97. The van der Waals surface area contributed by atoms with E-state index < -0.39 is 0 Å². The molecule has 1 fully saturated rings. The van der Waals surface area contributed by atoms with Crippen molar-refractivity contribution in [2.45, 2.75) is 12.8 Å². The topological polar surface area (TPSA) is 67.3 Å². The fourth-order valence-electron chi connectivity index (χ4n) is 3.61. The van der Waals surface area contributed by atoms with Gasteiger partial charge in [0.15, 0.2) is 5.82 Å². The molecule has 1 unspecified atom stereocenters. The summed E-state index contributed by atoms with van der Waals surface area (Å²) in [6.07, 6.45) is 1.73. The predicted octanol–water partition coefficient (Wildman–Crippen LogP) is 4.15. The van der Waals surface area contributed by atoms with Crippen molar-refractivity contribution in [3.63, 3.8) is 0 Å². The molecule has 0 aliphatic carbocycles.